The first kappa shape index (κ1) is 15.0. The molecule has 0 radical (unpaired) electrons. The number of nitrogens with one attached hydrogen (secondary N) is 1. The molecular formula is C13H19BrN2O2. The number of aryl methyl sites for hydroxylation is 1. The number of amides is 2. The van der Waals surface area contributed by atoms with Crippen molar-refractivity contribution in [3.05, 3.63) is 28.2 Å². The predicted molar refractivity (Wildman–Crippen MR) is 76.8 cm³/mol. The Kier molecular flexibility index (Phi) is 4.76. The summed E-state index contributed by atoms with van der Waals surface area (Å²) in [5, 5.41) is 12.5. The van der Waals surface area contributed by atoms with Gasteiger partial charge in [0.1, 0.15) is 0 Å². The molecule has 100 valence electrons. The lowest BCUT2D eigenvalue weighted by atomic mass is 10.1. The minimum Gasteiger partial charge on any atom is -0.389 e. The number of aliphatic hydroxyl groups is 1. The van der Waals surface area contributed by atoms with E-state index in [1.165, 1.54) is 4.90 Å². The van der Waals surface area contributed by atoms with Gasteiger partial charge in [0.15, 0.2) is 0 Å². The van der Waals surface area contributed by atoms with Gasteiger partial charge >= 0.3 is 6.03 Å². The van der Waals surface area contributed by atoms with Crippen LogP contribution in [0.25, 0.3) is 0 Å². The molecule has 2 amide bonds. The fourth-order valence-corrected chi connectivity index (χ4v) is 1.94. The first-order valence-electron chi connectivity index (χ1n) is 5.70. The molecule has 0 bridgehead atoms. The Morgan fingerprint density at radius 2 is 2.11 bits per heavy atom. The Morgan fingerprint density at radius 3 is 2.67 bits per heavy atom. The van der Waals surface area contributed by atoms with Crippen LogP contribution in [0, 0.1) is 6.92 Å². The molecular weight excluding hydrogens is 296 g/mol. The average Bonchev–Trinajstić information content (AvgIpc) is 2.21. The van der Waals surface area contributed by atoms with E-state index >= 15 is 0 Å². The maximum absolute atomic E-state index is 11.9. The van der Waals surface area contributed by atoms with Crippen LogP contribution in [0.2, 0.25) is 0 Å². The standard InChI is InChI=1S/C13H19BrN2O2/c1-9-5-6-10(14)11(7-9)15-12(17)16(4)8-13(2,3)18/h5-7,18H,8H2,1-4H3,(H,15,17). The number of rotatable bonds is 3. The zero-order valence-corrected chi connectivity index (χ0v) is 12.7. The molecule has 0 aromatic heterocycles. The summed E-state index contributed by atoms with van der Waals surface area (Å²) in [4.78, 5) is 13.4. The molecule has 0 aliphatic carbocycles. The van der Waals surface area contributed by atoms with Gasteiger partial charge in [0.2, 0.25) is 0 Å². The number of carbonyl (C=O) groups is 1. The molecule has 0 saturated carbocycles. The van der Waals surface area contributed by atoms with E-state index in [0.717, 1.165) is 15.7 Å². The van der Waals surface area contributed by atoms with Gasteiger partial charge in [0.05, 0.1) is 17.8 Å². The first-order valence-corrected chi connectivity index (χ1v) is 6.49. The van der Waals surface area contributed by atoms with Crippen LogP contribution < -0.4 is 5.32 Å². The molecule has 1 aromatic carbocycles. The molecule has 0 saturated heterocycles. The maximum atomic E-state index is 11.9. The highest BCUT2D eigenvalue weighted by Gasteiger charge is 2.19. The summed E-state index contributed by atoms with van der Waals surface area (Å²) in [6, 6.07) is 5.49. The minimum absolute atomic E-state index is 0.247. The van der Waals surface area contributed by atoms with Gasteiger partial charge in [-0.25, -0.2) is 4.79 Å². The molecule has 4 nitrogen and oxygen atoms in total. The molecule has 0 atom stereocenters. The predicted octanol–water partition coefficient (Wildman–Crippen LogP) is 2.99. The molecule has 0 aliphatic rings. The Balaban J connectivity index is 2.72. The van der Waals surface area contributed by atoms with Crippen molar-refractivity contribution < 1.29 is 9.90 Å². The van der Waals surface area contributed by atoms with Gasteiger partial charge < -0.3 is 15.3 Å². The van der Waals surface area contributed by atoms with Crippen molar-refractivity contribution in [2.45, 2.75) is 26.4 Å². The molecule has 0 spiro atoms. The third-order valence-electron chi connectivity index (χ3n) is 2.33. The van der Waals surface area contributed by atoms with Crippen LogP contribution in [0.4, 0.5) is 10.5 Å². The molecule has 18 heavy (non-hydrogen) atoms. The second kappa shape index (κ2) is 5.71. The molecule has 0 aliphatic heterocycles. The molecule has 0 fully saturated rings. The number of anilines is 1. The quantitative estimate of drug-likeness (QED) is 0.901. The van der Waals surface area contributed by atoms with Crippen molar-refractivity contribution in [1.29, 1.82) is 0 Å². The number of hydrogen-bond donors (Lipinski definition) is 2. The van der Waals surface area contributed by atoms with Crippen molar-refractivity contribution >= 4 is 27.6 Å². The van der Waals surface area contributed by atoms with Crippen LogP contribution in [0.1, 0.15) is 19.4 Å². The minimum atomic E-state index is -0.907. The Morgan fingerprint density at radius 1 is 1.50 bits per heavy atom. The van der Waals surface area contributed by atoms with Crippen LogP contribution >= 0.6 is 15.9 Å². The number of likely N-dealkylation sites (N-methyl/N-ethyl adjacent to an activating group) is 1. The summed E-state index contributed by atoms with van der Waals surface area (Å²) in [5.74, 6) is 0. The van der Waals surface area contributed by atoms with Crippen molar-refractivity contribution in [2.75, 3.05) is 18.9 Å². The fraction of sp³-hybridized carbons (Fsp3) is 0.462. The third-order valence-corrected chi connectivity index (χ3v) is 3.03. The van der Waals surface area contributed by atoms with Crippen molar-refractivity contribution in [3.63, 3.8) is 0 Å². The lowest BCUT2D eigenvalue weighted by Crippen LogP contribution is -2.41. The second-order valence-electron chi connectivity index (χ2n) is 5.08. The van der Waals surface area contributed by atoms with Gasteiger partial charge in [-0.15, -0.1) is 0 Å². The highest BCUT2D eigenvalue weighted by atomic mass is 79.9. The van der Waals surface area contributed by atoms with E-state index in [1.807, 2.05) is 25.1 Å². The van der Waals surface area contributed by atoms with Gasteiger partial charge in [-0.2, -0.15) is 0 Å². The molecule has 1 rings (SSSR count). The van der Waals surface area contributed by atoms with E-state index in [-0.39, 0.29) is 12.6 Å². The molecule has 2 N–H and O–H groups in total. The van der Waals surface area contributed by atoms with E-state index in [9.17, 15) is 9.90 Å². The molecule has 0 unspecified atom stereocenters. The normalized spacial score (nSPS) is 11.2. The number of benzene rings is 1. The number of carbonyl (C=O) groups excluding carboxylic acids is 1. The van der Waals surface area contributed by atoms with Crippen LogP contribution in [0.5, 0.6) is 0 Å². The Bertz CT molecular complexity index is 441. The fourth-order valence-electron chi connectivity index (χ4n) is 1.60. The Hall–Kier alpha value is -1.07. The topological polar surface area (TPSA) is 52.6 Å². The number of halogens is 1. The monoisotopic (exact) mass is 314 g/mol. The van der Waals surface area contributed by atoms with Crippen LogP contribution in [-0.4, -0.2) is 35.2 Å². The van der Waals surface area contributed by atoms with Crippen molar-refractivity contribution in [2.24, 2.45) is 0 Å². The first-order chi connectivity index (χ1) is 8.19. The largest absolute Gasteiger partial charge is 0.389 e. The summed E-state index contributed by atoms with van der Waals surface area (Å²) in [6.07, 6.45) is 0. The van der Waals surface area contributed by atoms with E-state index in [4.69, 9.17) is 0 Å². The van der Waals surface area contributed by atoms with Gasteiger partial charge in [-0.05, 0) is 54.4 Å². The van der Waals surface area contributed by atoms with Crippen molar-refractivity contribution in [3.8, 4) is 0 Å². The summed E-state index contributed by atoms with van der Waals surface area (Å²) < 4.78 is 0.832. The van der Waals surface area contributed by atoms with Gasteiger partial charge in [0.25, 0.3) is 0 Å². The van der Waals surface area contributed by atoms with E-state index in [2.05, 4.69) is 21.2 Å². The number of hydrogen-bond acceptors (Lipinski definition) is 2. The van der Waals surface area contributed by atoms with Gasteiger partial charge in [-0.3, -0.25) is 0 Å². The zero-order valence-electron chi connectivity index (χ0n) is 11.1. The molecule has 0 heterocycles. The lowest BCUT2D eigenvalue weighted by Gasteiger charge is -2.26. The summed E-state index contributed by atoms with van der Waals surface area (Å²) in [5.41, 5.74) is 0.886. The summed E-state index contributed by atoms with van der Waals surface area (Å²) in [6.45, 7) is 5.56. The number of urea groups is 1. The number of nitrogens with zero attached hydrogens (tertiary/aromatic N) is 1. The van der Waals surface area contributed by atoms with Crippen LogP contribution in [0.15, 0.2) is 22.7 Å². The van der Waals surface area contributed by atoms with E-state index < -0.39 is 5.60 Å². The SMILES string of the molecule is Cc1ccc(Br)c(NC(=O)N(C)CC(C)(C)O)c1. The molecule has 1 aromatic rings. The smallest absolute Gasteiger partial charge is 0.321 e. The summed E-state index contributed by atoms with van der Waals surface area (Å²) in [7, 11) is 1.65. The average molecular weight is 315 g/mol. The van der Waals surface area contributed by atoms with E-state index in [1.54, 1.807) is 20.9 Å². The Labute approximate surface area is 116 Å². The van der Waals surface area contributed by atoms with Gasteiger partial charge in [0, 0.05) is 11.5 Å². The summed E-state index contributed by atoms with van der Waals surface area (Å²) >= 11 is 3.39. The highest BCUT2D eigenvalue weighted by Crippen LogP contribution is 2.23. The van der Waals surface area contributed by atoms with E-state index in [0.29, 0.717) is 0 Å². The van der Waals surface area contributed by atoms with Gasteiger partial charge in [-0.1, -0.05) is 6.07 Å². The second-order valence-corrected chi connectivity index (χ2v) is 5.94. The van der Waals surface area contributed by atoms with Crippen LogP contribution in [0.3, 0.4) is 0 Å². The van der Waals surface area contributed by atoms with Crippen molar-refractivity contribution in [1.82, 2.24) is 4.90 Å². The zero-order chi connectivity index (χ0) is 13.9. The molecule has 5 heteroatoms. The third kappa shape index (κ3) is 4.66. The van der Waals surface area contributed by atoms with Crippen LogP contribution in [-0.2, 0) is 0 Å². The lowest BCUT2D eigenvalue weighted by molar-refractivity contribution is 0.0550. The highest BCUT2D eigenvalue weighted by molar-refractivity contribution is 9.10. The maximum Gasteiger partial charge on any atom is 0.321 e.